The molecule has 0 amide bonds. The number of anilines is 5. The quantitative estimate of drug-likeness (QED) is 0.431. The highest BCUT2D eigenvalue weighted by Crippen LogP contribution is 2.25. The maximum atomic E-state index is 4.82. The standard InChI is InChI=1S/C24H28N8/c1-2-6-18-7-9-25-20(15-18)28-24-29-21(17-23(30-24)31-11-4-3-5-12-31)27-19-8-13-32-14-10-26-22(32)16-19/h7-10,13-17H,2-6,11-12H2,1H3,(H2,25,27,28,29,30). The summed E-state index contributed by atoms with van der Waals surface area (Å²) >= 11 is 0. The molecule has 4 aromatic rings. The number of nitrogens with one attached hydrogen (secondary N) is 2. The number of hydrogen-bond acceptors (Lipinski definition) is 7. The van der Waals surface area contributed by atoms with Crippen molar-refractivity contribution in [2.24, 2.45) is 0 Å². The lowest BCUT2D eigenvalue weighted by atomic mass is 10.1. The van der Waals surface area contributed by atoms with Crippen LogP contribution in [0.4, 0.5) is 29.1 Å². The lowest BCUT2D eigenvalue weighted by Crippen LogP contribution is -2.30. The van der Waals surface area contributed by atoms with E-state index in [0.717, 1.165) is 54.7 Å². The van der Waals surface area contributed by atoms with Crippen molar-refractivity contribution >= 4 is 34.7 Å². The SMILES string of the molecule is CCCc1ccnc(Nc2nc(Nc3ccn4ccnc4c3)cc(N3CCCCC3)n2)c1. The first kappa shape index (κ1) is 20.2. The molecule has 0 bridgehead atoms. The molecule has 4 aromatic heterocycles. The highest BCUT2D eigenvalue weighted by Gasteiger charge is 2.15. The number of aromatic nitrogens is 5. The molecule has 0 unspecified atom stereocenters. The first-order chi connectivity index (χ1) is 15.8. The molecule has 32 heavy (non-hydrogen) atoms. The maximum absolute atomic E-state index is 4.82. The van der Waals surface area contributed by atoms with Crippen molar-refractivity contribution in [1.29, 1.82) is 0 Å². The Kier molecular flexibility index (Phi) is 5.83. The monoisotopic (exact) mass is 428 g/mol. The summed E-state index contributed by atoms with van der Waals surface area (Å²) in [5, 5.41) is 6.75. The summed E-state index contributed by atoms with van der Waals surface area (Å²) in [6.45, 7) is 4.21. The fourth-order valence-corrected chi connectivity index (χ4v) is 4.08. The predicted molar refractivity (Wildman–Crippen MR) is 128 cm³/mol. The van der Waals surface area contributed by atoms with E-state index in [1.165, 1.54) is 24.8 Å². The summed E-state index contributed by atoms with van der Waals surface area (Å²) in [6.07, 6.45) is 13.3. The van der Waals surface area contributed by atoms with Crippen LogP contribution in [0.5, 0.6) is 0 Å². The minimum absolute atomic E-state index is 0.540. The molecule has 0 atom stereocenters. The predicted octanol–water partition coefficient (Wildman–Crippen LogP) is 4.95. The van der Waals surface area contributed by atoms with Crippen LogP contribution in [-0.2, 0) is 6.42 Å². The summed E-state index contributed by atoms with van der Waals surface area (Å²) in [5.41, 5.74) is 3.07. The molecule has 0 spiro atoms. The molecule has 0 radical (unpaired) electrons. The van der Waals surface area contributed by atoms with Crippen molar-refractivity contribution in [2.75, 3.05) is 28.6 Å². The van der Waals surface area contributed by atoms with Crippen LogP contribution in [0.15, 0.2) is 55.1 Å². The van der Waals surface area contributed by atoms with E-state index in [-0.39, 0.29) is 0 Å². The molecule has 1 saturated heterocycles. The van der Waals surface area contributed by atoms with E-state index < -0.39 is 0 Å². The Labute approximate surface area is 187 Å². The van der Waals surface area contributed by atoms with Crippen LogP contribution in [0, 0.1) is 0 Å². The molecule has 8 heteroatoms. The fraction of sp³-hybridized carbons (Fsp3) is 0.333. The van der Waals surface area contributed by atoms with Crippen molar-refractivity contribution in [3.8, 4) is 0 Å². The Morgan fingerprint density at radius 3 is 2.66 bits per heavy atom. The molecule has 1 aliphatic heterocycles. The van der Waals surface area contributed by atoms with Crippen LogP contribution in [0.1, 0.15) is 38.2 Å². The summed E-state index contributed by atoms with van der Waals surface area (Å²) in [7, 11) is 0. The van der Waals surface area contributed by atoms with E-state index in [2.05, 4.69) is 44.6 Å². The summed E-state index contributed by atoms with van der Waals surface area (Å²) in [5.74, 6) is 2.97. The van der Waals surface area contributed by atoms with Gasteiger partial charge in [0.05, 0.1) is 0 Å². The van der Waals surface area contributed by atoms with Gasteiger partial charge in [-0.3, -0.25) is 0 Å². The zero-order valence-corrected chi connectivity index (χ0v) is 18.3. The van der Waals surface area contributed by atoms with Crippen molar-refractivity contribution < 1.29 is 0 Å². The van der Waals surface area contributed by atoms with Gasteiger partial charge in [0.2, 0.25) is 5.95 Å². The van der Waals surface area contributed by atoms with Gasteiger partial charge in [0.25, 0.3) is 0 Å². The highest BCUT2D eigenvalue weighted by molar-refractivity contribution is 5.65. The molecule has 8 nitrogen and oxygen atoms in total. The van der Waals surface area contributed by atoms with Gasteiger partial charge < -0.3 is 19.9 Å². The second-order valence-electron chi connectivity index (χ2n) is 8.14. The Bertz CT molecular complexity index is 1200. The molecular weight excluding hydrogens is 400 g/mol. The lowest BCUT2D eigenvalue weighted by molar-refractivity contribution is 0.573. The van der Waals surface area contributed by atoms with E-state index in [9.17, 15) is 0 Å². The summed E-state index contributed by atoms with van der Waals surface area (Å²) in [4.78, 5) is 20.7. The van der Waals surface area contributed by atoms with Crippen LogP contribution < -0.4 is 15.5 Å². The Hall–Kier alpha value is -3.68. The fourth-order valence-electron chi connectivity index (χ4n) is 4.08. The van der Waals surface area contributed by atoms with Crippen molar-refractivity contribution in [1.82, 2.24) is 24.3 Å². The van der Waals surface area contributed by atoms with Gasteiger partial charge in [-0.2, -0.15) is 9.97 Å². The van der Waals surface area contributed by atoms with Crippen LogP contribution in [0.2, 0.25) is 0 Å². The summed E-state index contributed by atoms with van der Waals surface area (Å²) in [6, 6.07) is 10.2. The van der Waals surface area contributed by atoms with Crippen LogP contribution in [0.25, 0.3) is 5.65 Å². The third-order valence-electron chi connectivity index (χ3n) is 5.67. The Morgan fingerprint density at radius 1 is 0.875 bits per heavy atom. The van der Waals surface area contributed by atoms with Crippen LogP contribution >= 0.6 is 0 Å². The van der Waals surface area contributed by atoms with Crippen molar-refractivity contribution in [2.45, 2.75) is 39.0 Å². The van der Waals surface area contributed by atoms with E-state index in [0.29, 0.717) is 5.95 Å². The molecule has 2 N–H and O–H groups in total. The van der Waals surface area contributed by atoms with Gasteiger partial charge in [0.1, 0.15) is 23.1 Å². The maximum Gasteiger partial charge on any atom is 0.232 e. The number of aryl methyl sites for hydroxylation is 1. The number of hydrogen-bond donors (Lipinski definition) is 2. The van der Waals surface area contributed by atoms with Gasteiger partial charge in [0.15, 0.2) is 0 Å². The largest absolute Gasteiger partial charge is 0.356 e. The molecule has 5 heterocycles. The van der Waals surface area contributed by atoms with Gasteiger partial charge in [-0.15, -0.1) is 0 Å². The number of piperidine rings is 1. The van der Waals surface area contributed by atoms with E-state index in [1.54, 1.807) is 6.20 Å². The molecular formula is C24H28N8. The molecule has 164 valence electrons. The normalized spacial score (nSPS) is 14.0. The smallest absolute Gasteiger partial charge is 0.232 e. The number of fused-ring (bicyclic) bond motifs is 1. The highest BCUT2D eigenvalue weighted by atomic mass is 15.3. The minimum Gasteiger partial charge on any atom is -0.356 e. The van der Waals surface area contributed by atoms with Gasteiger partial charge in [-0.1, -0.05) is 13.3 Å². The minimum atomic E-state index is 0.540. The first-order valence-electron chi connectivity index (χ1n) is 11.3. The average molecular weight is 429 g/mol. The second-order valence-corrected chi connectivity index (χ2v) is 8.14. The molecule has 5 rings (SSSR count). The Morgan fingerprint density at radius 2 is 1.78 bits per heavy atom. The number of imidazole rings is 1. The topological polar surface area (TPSA) is 83.3 Å². The van der Waals surface area contributed by atoms with E-state index in [4.69, 9.17) is 9.97 Å². The van der Waals surface area contributed by atoms with Crippen molar-refractivity contribution in [3.05, 3.63) is 60.7 Å². The molecule has 1 fully saturated rings. The first-order valence-corrected chi connectivity index (χ1v) is 11.3. The number of nitrogens with zero attached hydrogens (tertiary/aromatic N) is 6. The van der Waals surface area contributed by atoms with Crippen LogP contribution in [0.3, 0.4) is 0 Å². The van der Waals surface area contributed by atoms with E-state index >= 15 is 0 Å². The number of pyridine rings is 2. The number of rotatable bonds is 7. The molecule has 0 saturated carbocycles. The Balaban J connectivity index is 1.45. The molecule has 1 aliphatic rings. The zero-order chi connectivity index (χ0) is 21.8. The van der Waals surface area contributed by atoms with Gasteiger partial charge in [-0.25, -0.2) is 9.97 Å². The van der Waals surface area contributed by atoms with Gasteiger partial charge in [0, 0.05) is 55.7 Å². The van der Waals surface area contributed by atoms with Gasteiger partial charge in [-0.05, 0) is 49.4 Å². The van der Waals surface area contributed by atoms with Crippen molar-refractivity contribution in [3.63, 3.8) is 0 Å². The second kappa shape index (κ2) is 9.21. The lowest BCUT2D eigenvalue weighted by Gasteiger charge is -2.28. The zero-order valence-electron chi connectivity index (χ0n) is 18.3. The van der Waals surface area contributed by atoms with Gasteiger partial charge >= 0.3 is 0 Å². The third-order valence-corrected chi connectivity index (χ3v) is 5.67. The summed E-state index contributed by atoms with van der Waals surface area (Å²) < 4.78 is 1.98. The molecule has 0 aliphatic carbocycles. The van der Waals surface area contributed by atoms with E-state index in [1.807, 2.05) is 41.2 Å². The average Bonchev–Trinajstić information content (AvgIpc) is 3.28. The third kappa shape index (κ3) is 4.64. The van der Waals surface area contributed by atoms with Crippen LogP contribution in [-0.4, -0.2) is 37.4 Å². The molecule has 0 aromatic carbocycles.